The number of nitrogens with two attached hydrogens (primary N) is 1. The molecular weight excluding hydrogens is 372 g/mol. The van der Waals surface area contributed by atoms with Crippen LogP contribution >= 0.6 is 0 Å². The van der Waals surface area contributed by atoms with E-state index in [0.717, 1.165) is 22.3 Å². The van der Waals surface area contributed by atoms with Gasteiger partial charge in [-0.05, 0) is 49.4 Å². The van der Waals surface area contributed by atoms with Gasteiger partial charge in [0.1, 0.15) is 0 Å². The van der Waals surface area contributed by atoms with E-state index in [0.29, 0.717) is 17.0 Å². The van der Waals surface area contributed by atoms with E-state index in [-0.39, 0.29) is 11.6 Å². The van der Waals surface area contributed by atoms with Crippen molar-refractivity contribution in [3.63, 3.8) is 0 Å². The van der Waals surface area contributed by atoms with Crippen LogP contribution in [-0.2, 0) is 0 Å². The molecule has 148 valence electrons. The van der Waals surface area contributed by atoms with Crippen molar-refractivity contribution in [2.45, 2.75) is 31.8 Å². The molecule has 2 aromatic heterocycles. The van der Waals surface area contributed by atoms with Crippen LogP contribution in [0.2, 0.25) is 0 Å². The van der Waals surface area contributed by atoms with Crippen molar-refractivity contribution in [1.29, 1.82) is 0 Å². The molecule has 5 nitrogen and oxygen atoms in total. The number of para-hydroxylation sites is 1. The molecule has 0 saturated heterocycles. The van der Waals surface area contributed by atoms with Gasteiger partial charge in [0.2, 0.25) is 0 Å². The van der Waals surface area contributed by atoms with E-state index in [1.54, 1.807) is 10.8 Å². The van der Waals surface area contributed by atoms with Crippen LogP contribution in [0, 0.1) is 11.8 Å². The zero-order valence-corrected chi connectivity index (χ0v) is 16.7. The lowest BCUT2D eigenvalue weighted by molar-refractivity contribution is 0.641. The van der Waals surface area contributed by atoms with Gasteiger partial charge in [-0.1, -0.05) is 42.2 Å². The second-order valence-electron chi connectivity index (χ2n) is 7.79. The number of hydrogen-bond acceptors (Lipinski definition) is 3. The first-order chi connectivity index (χ1) is 14.6. The van der Waals surface area contributed by atoms with Gasteiger partial charge < -0.3 is 5.73 Å². The van der Waals surface area contributed by atoms with Gasteiger partial charge in [0.15, 0.2) is 0 Å². The minimum Gasteiger partial charge on any atom is -0.323 e. The summed E-state index contributed by atoms with van der Waals surface area (Å²) in [4.78, 5) is 13.6. The molecule has 1 saturated carbocycles. The Labute approximate surface area is 174 Å². The van der Waals surface area contributed by atoms with Crippen LogP contribution in [0.4, 0.5) is 0 Å². The summed E-state index contributed by atoms with van der Waals surface area (Å²) in [5.41, 5.74) is 9.24. The molecule has 0 radical (unpaired) electrons. The van der Waals surface area contributed by atoms with Crippen molar-refractivity contribution < 1.29 is 0 Å². The summed E-state index contributed by atoms with van der Waals surface area (Å²) in [6.45, 7) is 1.89. The maximum absolute atomic E-state index is 13.6. The largest absolute Gasteiger partial charge is 0.323 e. The molecule has 5 heteroatoms. The average molecular weight is 394 g/mol. The molecule has 1 aliphatic carbocycles. The van der Waals surface area contributed by atoms with E-state index in [4.69, 9.17) is 5.73 Å². The summed E-state index contributed by atoms with van der Waals surface area (Å²) in [7, 11) is 0. The molecule has 1 unspecified atom stereocenters. The molecule has 2 heterocycles. The second-order valence-corrected chi connectivity index (χ2v) is 7.79. The number of aromatic nitrogens is 3. The van der Waals surface area contributed by atoms with Crippen molar-refractivity contribution >= 4 is 10.8 Å². The number of hydrogen-bond donors (Lipinski definition) is 1. The first-order valence-electron chi connectivity index (χ1n) is 10.2. The fourth-order valence-electron chi connectivity index (χ4n) is 3.75. The number of benzene rings is 2. The molecule has 5 rings (SSSR count). The summed E-state index contributed by atoms with van der Waals surface area (Å²) in [6.07, 6.45) is 6.12. The fraction of sp³-hybridized carbons (Fsp3) is 0.200. The summed E-state index contributed by atoms with van der Waals surface area (Å²) < 4.78 is 3.67. The quantitative estimate of drug-likeness (QED) is 0.535. The Morgan fingerprint density at radius 1 is 1.10 bits per heavy atom. The smallest absolute Gasteiger partial charge is 0.264 e. The van der Waals surface area contributed by atoms with E-state index >= 15 is 0 Å². The lowest BCUT2D eigenvalue weighted by Crippen LogP contribution is -2.26. The highest BCUT2D eigenvalue weighted by Gasteiger charge is 2.24. The Hall–Kier alpha value is -3.62. The van der Waals surface area contributed by atoms with Crippen LogP contribution in [0.1, 0.15) is 48.7 Å². The predicted molar refractivity (Wildman–Crippen MR) is 119 cm³/mol. The molecular formula is C25H22N4O. The van der Waals surface area contributed by atoms with Crippen LogP contribution in [-0.4, -0.2) is 14.3 Å². The Morgan fingerprint density at radius 3 is 2.63 bits per heavy atom. The van der Waals surface area contributed by atoms with Crippen LogP contribution in [0.5, 0.6) is 0 Å². The second kappa shape index (κ2) is 7.33. The standard InChI is InChI=1S/C25H22N4O/c1-17(26)23-14-20-7-5-6-19(11-10-18-15-27-28(16-18)21-12-13-21)24(20)25(30)29(23)22-8-3-2-4-9-22/h2-9,14-17,21H,12-13,26H2,1H3. The van der Waals surface area contributed by atoms with E-state index in [1.807, 2.05) is 72.4 Å². The lowest BCUT2D eigenvalue weighted by Gasteiger charge is -2.17. The Morgan fingerprint density at radius 2 is 1.90 bits per heavy atom. The molecule has 30 heavy (non-hydrogen) atoms. The summed E-state index contributed by atoms with van der Waals surface area (Å²) in [6, 6.07) is 17.6. The maximum Gasteiger partial charge on any atom is 0.264 e. The monoisotopic (exact) mass is 394 g/mol. The normalized spacial score (nSPS) is 14.3. The van der Waals surface area contributed by atoms with Gasteiger partial charge in [-0.15, -0.1) is 0 Å². The molecule has 0 amide bonds. The Balaban J connectivity index is 1.69. The Kier molecular flexibility index (Phi) is 4.50. The van der Waals surface area contributed by atoms with Crippen molar-refractivity contribution in [1.82, 2.24) is 14.3 Å². The number of rotatable bonds is 3. The van der Waals surface area contributed by atoms with Gasteiger partial charge in [0.25, 0.3) is 5.56 Å². The van der Waals surface area contributed by atoms with Crippen molar-refractivity contribution in [2.75, 3.05) is 0 Å². The molecule has 2 aromatic carbocycles. The van der Waals surface area contributed by atoms with Gasteiger partial charge in [-0.2, -0.15) is 5.10 Å². The molecule has 0 spiro atoms. The van der Waals surface area contributed by atoms with Crippen LogP contribution in [0.25, 0.3) is 16.5 Å². The molecule has 1 atom stereocenters. The minimum absolute atomic E-state index is 0.107. The fourth-order valence-corrected chi connectivity index (χ4v) is 3.75. The highest BCUT2D eigenvalue weighted by Crippen LogP contribution is 2.33. The lowest BCUT2D eigenvalue weighted by atomic mass is 10.0. The molecule has 4 aromatic rings. The zero-order chi connectivity index (χ0) is 20.7. The van der Waals surface area contributed by atoms with Crippen LogP contribution < -0.4 is 11.3 Å². The highest BCUT2D eigenvalue weighted by atomic mass is 16.1. The number of fused-ring (bicyclic) bond motifs is 1. The predicted octanol–water partition coefficient (Wildman–Crippen LogP) is 3.94. The van der Waals surface area contributed by atoms with Crippen molar-refractivity contribution in [3.05, 3.63) is 94.2 Å². The van der Waals surface area contributed by atoms with Gasteiger partial charge in [-0.25, -0.2) is 0 Å². The minimum atomic E-state index is -0.287. The number of pyridine rings is 1. The van der Waals surface area contributed by atoms with Gasteiger partial charge >= 0.3 is 0 Å². The van der Waals surface area contributed by atoms with E-state index in [1.165, 1.54) is 12.8 Å². The molecule has 1 fully saturated rings. The summed E-state index contributed by atoms with van der Waals surface area (Å²) >= 11 is 0. The first kappa shape index (κ1) is 18.4. The maximum atomic E-state index is 13.6. The molecule has 1 aliphatic rings. The SMILES string of the molecule is CC(N)c1cc2cccc(C#Cc3cnn(C4CC4)c3)c2c(=O)n1-c1ccccc1. The van der Waals surface area contributed by atoms with Gasteiger partial charge in [0, 0.05) is 29.2 Å². The zero-order valence-electron chi connectivity index (χ0n) is 16.7. The van der Waals surface area contributed by atoms with Crippen molar-refractivity contribution in [3.8, 4) is 17.5 Å². The number of nitrogens with zero attached hydrogens (tertiary/aromatic N) is 3. The van der Waals surface area contributed by atoms with Gasteiger partial charge in [0.05, 0.1) is 23.2 Å². The first-order valence-corrected chi connectivity index (χ1v) is 10.2. The third-order valence-corrected chi connectivity index (χ3v) is 5.42. The van der Waals surface area contributed by atoms with E-state index in [2.05, 4.69) is 16.9 Å². The molecule has 0 aliphatic heterocycles. The Bertz CT molecular complexity index is 1350. The van der Waals surface area contributed by atoms with E-state index < -0.39 is 0 Å². The van der Waals surface area contributed by atoms with Crippen LogP contribution in [0.15, 0.2) is 71.8 Å². The van der Waals surface area contributed by atoms with E-state index in [9.17, 15) is 4.79 Å². The third-order valence-electron chi connectivity index (χ3n) is 5.42. The topological polar surface area (TPSA) is 65.8 Å². The van der Waals surface area contributed by atoms with Crippen molar-refractivity contribution in [2.24, 2.45) is 5.73 Å². The summed E-state index contributed by atoms with van der Waals surface area (Å²) in [5, 5.41) is 5.84. The highest BCUT2D eigenvalue weighted by molar-refractivity contribution is 5.88. The third kappa shape index (κ3) is 3.32. The van der Waals surface area contributed by atoms with Gasteiger partial charge in [-0.3, -0.25) is 14.0 Å². The van der Waals surface area contributed by atoms with Crippen LogP contribution in [0.3, 0.4) is 0 Å². The summed E-state index contributed by atoms with van der Waals surface area (Å²) in [5.74, 6) is 6.37. The molecule has 2 N–H and O–H groups in total. The molecule has 0 bridgehead atoms. The average Bonchev–Trinajstić information content (AvgIpc) is 3.50.